The number of piperazine rings is 1. The summed E-state index contributed by atoms with van der Waals surface area (Å²) in [5.41, 5.74) is 3.70. The number of nitrogens with zero attached hydrogens (tertiary/aromatic N) is 4. The van der Waals surface area contributed by atoms with Crippen molar-refractivity contribution in [1.82, 2.24) is 19.4 Å². The van der Waals surface area contributed by atoms with Gasteiger partial charge < -0.3 is 4.57 Å². The quantitative estimate of drug-likeness (QED) is 0.635. The van der Waals surface area contributed by atoms with Gasteiger partial charge in [-0.3, -0.25) is 9.80 Å². The Morgan fingerprint density at radius 3 is 2.52 bits per heavy atom. The van der Waals surface area contributed by atoms with Crippen molar-refractivity contribution >= 4 is 28.9 Å². The summed E-state index contributed by atoms with van der Waals surface area (Å²) in [7, 11) is 0. The van der Waals surface area contributed by atoms with E-state index in [-0.39, 0.29) is 0 Å². The van der Waals surface area contributed by atoms with E-state index in [4.69, 9.17) is 4.98 Å². The van der Waals surface area contributed by atoms with Crippen LogP contribution in [0.3, 0.4) is 0 Å². The highest BCUT2D eigenvalue weighted by molar-refractivity contribution is 7.99. The van der Waals surface area contributed by atoms with Crippen LogP contribution in [-0.4, -0.2) is 63.9 Å². The third-order valence-corrected chi connectivity index (χ3v) is 7.21. The molecule has 5 heteroatoms. The van der Waals surface area contributed by atoms with Crippen molar-refractivity contribution in [2.24, 2.45) is 0 Å². The lowest BCUT2D eigenvalue weighted by molar-refractivity contribution is 0.141. The van der Waals surface area contributed by atoms with Crippen LogP contribution in [0.15, 0.2) is 65.8 Å². The molecule has 1 fully saturated rings. The molecule has 150 valence electrons. The number of thioether (sulfide) groups is 1. The van der Waals surface area contributed by atoms with Gasteiger partial charge in [-0.05, 0) is 24.1 Å². The van der Waals surface area contributed by atoms with E-state index in [9.17, 15) is 0 Å². The lowest BCUT2D eigenvalue weighted by Gasteiger charge is -2.36. The highest BCUT2D eigenvalue weighted by Crippen LogP contribution is 2.34. The van der Waals surface area contributed by atoms with E-state index in [0.29, 0.717) is 5.25 Å². The zero-order valence-electron chi connectivity index (χ0n) is 16.8. The first-order valence-corrected chi connectivity index (χ1v) is 11.5. The zero-order valence-corrected chi connectivity index (χ0v) is 17.6. The average Bonchev–Trinajstić information content (AvgIpc) is 3.13. The number of benzene rings is 2. The second kappa shape index (κ2) is 8.74. The molecule has 0 radical (unpaired) electrons. The smallest absolute Gasteiger partial charge is 0.169 e. The van der Waals surface area contributed by atoms with Crippen molar-refractivity contribution < 1.29 is 0 Å². The van der Waals surface area contributed by atoms with Crippen molar-refractivity contribution in [3.05, 3.63) is 66.2 Å². The predicted molar refractivity (Wildman–Crippen MR) is 122 cm³/mol. The number of fused-ring (bicyclic) bond motifs is 3. The lowest BCUT2D eigenvalue weighted by atomic mass is 10.2. The summed E-state index contributed by atoms with van der Waals surface area (Å²) in [6, 6.07) is 19.1. The topological polar surface area (TPSA) is 24.3 Å². The van der Waals surface area contributed by atoms with E-state index in [2.05, 4.69) is 81.1 Å². The number of para-hydroxylation sites is 2. The van der Waals surface area contributed by atoms with Gasteiger partial charge in [0.15, 0.2) is 5.16 Å². The number of aromatic nitrogens is 2. The van der Waals surface area contributed by atoms with E-state index in [1.54, 1.807) is 0 Å². The molecule has 5 rings (SSSR count). The second-order valence-corrected chi connectivity index (χ2v) is 9.25. The Morgan fingerprint density at radius 2 is 1.66 bits per heavy atom. The largest absolute Gasteiger partial charge is 0.319 e. The van der Waals surface area contributed by atoms with Crippen molar-refractivity contribution in [2.45, 2.75) is 23.4 Å². The van der Waals surface area contributed by atoms with Crippen LogP contribution >= 0.6 is 11.8 Å². The summed E-state index contributed by atoms with van der Waals surface area (Å²) in [5.74, 6) is 0. The first kappa shape index (κ1) is 18.9. The number of hydrogen-bond acceptors (Lipinski definition) is 4. The Hall–Kier alpha value is -2.08. The standard InChI is InChI=1S/C24H28N4S/c1-2-7-20(8-3-1)9-6-13-26-15-17-27(18-16-26)19-21-12-14-28-23-11-5-4-10-22(23)25-24(28)29-21/h1-11,21H,12-19H2/b9-6+. The summed E-state index contributed by atoms with van der Waals surface area (Å²) >= 11 is 1.97. The molecule has 0 spiro atoms. The third-order valence-electron chi connectivity index (χ3n) is 5.97. The fourth-order valence-electron chi connectivity index (χ4n) is 4.31. The molecular formula is C24H28N4S. The van der Waals surface area contributed by atoms with Crippen molar-refractivity contribution in [1.29, 1.82) is 0 Å². The summed E-state index contributed by atoms with van der Waals surface area (Å²) in [6.45, 7) is 7.99. The van der Waals surface area contributed by atoms with Gasteiger partial charge in [0.25, 0.3) is 0 Å². The van der Waals surface area contributed by atoms with Crippen LogP contribution in [0.1, 0.15) is 12.0 Å². The fraction of sp³-hybridized carbons (Fsp3) is 0.375. The van der Waals surface area contributed by atoms with Gasteiger partial charge in [0.1, 0.15) is 0 Å². The molecule has 0 saturated carbocycles. The van der Waals surface area contributed by atoms with E-state index < -0.39 is 0 Å². The Labute approximate surface area is 177 Å². The second-order valence-electron chi connectivity index (χ2n) is 7.98. The van der Waals surface area contributed by atoms with Crippen molar-refractivity contribution in [2.75, 3.05) is 39.3 Å². The van der Waals surface area contributed by atoms with Crippen LogP contribution in [0, 0.1) is 0 Å². The van der Waals surface area contributed by atoms with Gasteiger partial charge in [-0.15, -0.1) is 0 Å². The number of rotatable bonds is 5. The highest BCUT2D eigenvalue weighted by atomic mass is 32.2. The molecule has 4 nitrogen and oxygen atoms in total. The minimum absolute atomic E-state index is 0.656. The van der Waals surface area contributed by atoms with Crippen molar-refractivity contribution in [3.8, 4) is 0 Å². The van der Waals surface area contributed by atoms with E-state index in [1.165, 1.54) is 42.3 Å². The third kappa shape index (κ3) is 4.42. The molecule has 1 atom stereocenters. The summed E-state index contributed by atoms with van der Waals surface area (Å²) in [6.07, 6.45) is 5.77. The van der Waals surface area contributed by atoms with Crippen LogP contribution < -0.4 is 0 Å². The number of imidazole rings is 1. The van der Waals surface area contributed by atoms with Crippen molar-refractivity contribution in [3.63, 3.8) is 0 Å². The molecule has 0 amide bonds. The molecule has 2 aliphatic rings. The average molecular weight is 405 g/mol. The van der Waals surface area contributed by atoms with Gasteiger partial charge in [-0.25, -0.2) is 4.98 Å². The van der Waals surface area contributed by atoms with Crippen LogP contribution in [0.25, 0.3) is 17.1 Å². The normalized spacial score (nSPS) is 21.0. The molecule has 2 aliphatic heterocycles. The number of hydrogen-bond donors (Lipinski definition) is 0. The van der Waals surface area contributed by atoms with E-state index in [0.717, 1.165) is 31.7 Å². The maximum Gasteiger partial charge on any atom is 0.169 e. The first-order valence-electron chi connectivity index (χ1n) is 10.6. The van der Waals surface area contributed by atoms with Gasteiger partial charge >= 0.3 is 0 Å². The molecule has 2 aromatic carbocycles. The molecule has 29 heavy (non-hydrogen) atoms. The Bertz CT molecular complexity index is 973. The Kier molecular flexibility index (Phi) is 5.70. The lowest BCUT2D eigenvalue weighted by Crippen LogP contribution is -2.48. The molecule has 0 aliphatic carbocycles. The fourth-order valence-corrected chi connectivity index (χ4v) is 5.59. The maximum absolute atomic E-state index is 4.86. The minimum atomic E-state index is 0.656. The molecule has 3 aromatic rings. The zero-order chi connectivity index (χ0) is 19.5. The number of aryl methyl sites for hydroxylation is 1. The SMILES string of the molecule is C(=C\c1ccccc1)/CN1CCN(CC2CCn3c(nc4ccccc43)S2)CC1. The molecule has 0 bridgehead atoms. The summed E-state index contributed by atoms with van der Waals surface area (Å²) in [5, 5.41) is 1.86. The monoisotopic (exact) mass is 404 g/mol. The molecule has 3 heterocycles. The predicted octanol–water partition coefficient (Wildman–Crippen LogP) is 4.23. The summed E-state index contributed by atoms with van der Waals surface area (Å²) < 4.78 is 2.40. The van der Waals surface area contributed by atoms with Crippen LogP contribution in [0.2, 0.25) is 0 Å². The first-order chi connectivity index (χ1) is 14.3. The molecular weight excluding hydrogens is 376 g/mol. The van der Waals surface area contributed by atoms with E-state index >= 15 is 0 Å². The van der Waals surface area contributed by atoms with Crippen LogP contribution in [-0.2, 0) is 6.54 Å². The maximum atomic E-state index is 4.86. The van der Waals surface area contributed by atoms with Gasteiger partial charge in [0.05, 0.1) is 11.0 Å². The molecule has 0 N–H and O–H groups in total. The minimum Gasteiger partial charge on any atom is -0.319 e. The van der Waals surface area contributed by atoms with Gasteiger partial charge in [0.2, 0.25) is 0 Å². The molecule has 1 unspecified atom stereocenters. The summed E-state index contributed by atoms with van der Waals surface area (Å²) in [4.78, 5) is 10.1. The van der Waals surface area contributed by atoms with Crippen LogP contribution in [0.5, 0.6) is 0 Å². The van der Waals surface area contributed by atoms with E-state index in [1.807, 2.05) is 11.8 Å². The Morgan fingerprint density at radius 1 is 0.897 bits per heavy atom. The van der Waals surface area contributed by atoms with Gasteiger partial charge in [-0.1, -0.05) is 66.4 Å². The Balaban J connectivity index is 1.10. The van der Waals surface area contributed by atoms with Gasteiger partial charge in [0, 0.05) is 51.1 Å². The molecule has 1 aromatic heterocycles. The van der Waals surface area contributed by atoms with Gasteiger partial charge in [-0.2, -0.15) is 0 Å². The van der Waals surface area contributed by atoms with Crippen LogP contribution in [0.4, 0.5) is 0 Å². The molecule has 1 saturated heterocycles. The highest BCUT2D eigenvalue weighted by Gasteiger charge is 2.26.